The highest BCUT2D eigenvalue weighted by Gasteiger charge is 2.29. The fraction of sp³-hybridized carbons (Fsp3) is 0.286. The third-order valence-corrected chi connectivity index (χ3v) is 5.45. The van der Waals surface area contributed by atoms with E-state index >= 15 is 0 Å². The van der Waals surface area contributed by atoms with E-state index in [1.807, 2.05) is 53.4 Å². The van der Waals surface area contributed by atoms with Crippen LogP contribution >= 0.6 is 15.9 Å². The molecule has 7 heteroatoms. The zero-order valence-electron chi connectivity index (χ0n) is 15.5. The molecule has 28 heavy (non-hydrogen) atoms. The van der Waals surface area contributed by atoms with Gasteiger partial charge in [0.15, 0.2) is 0 Å². The number of halogens is 1. The minimum Gasteiger partial charge on any atom is -0.497 e. The summed E-state index contributed by atoms with van der Waals surface area (Å²) in [6.07, 6.45) is 1.83. The Morgan fingerprint density at radius 1 is 1.25 bits per heavy atom. The largest absolute Gasteiger partial charge is 0.497 e. The Bertz CT molecular complexity index is 971. The number of benzene rings is 2. The van der Waals surface area contributed by atoms with Crippen molar-refractivity contribution in [3.63, 3.8) is 0 Å². The van der Waals surface area contributed by atoms with Crippen LogP contribution in [0.5, 0.6) is 5.75 Å². The van der Waals surface area contributed by atoms with E-state index in [4.69, 9.17) is 9.26 Å². The van der Waals surface area contributed by atoms with Gasteiger partial charge >= 0.3 is 0 Å². The predicted molar refractivity (Wildman–Crippen MR) is 108 cm³/mol. The zero-order chi connectivity index (χ0) is 19.5. The SMILES string of the molecule is COc1cccc(-c2noc(C3CCCN(C(=O)c4ccc(Br)cc4)C3)n2)c1. The first-order valence-corrected chi connectivity index (χ1v) is 9.96. The minimum atomic E-state index is 0.0322. The van der Waals surface area contributed by atoms with Crippen molar-refractivity contribution in [2.45, 2.75) is 18.8 Å². The van der Waals surface area contributed by atoms with Crippen LogP contribution in [0.4, 0.5) is 0 Å². The maximum atomic E-state index is 12.8. The summed E-state index contributed by atoms with van der Waals surface area (Å²) in [5.41, 5.74) is 1.53. The van der Waals surface area contributed by atoms with Crippen LogP contribution in [0.2, 0.25) is 0 Å². The number of piperidine rings is 1. The first kappa shape index (κ1) is 18.7. The second-order valence-electron chi connectivity index (χ2n) is 6.79. The molecule has 0 aliphatic carbocycles. The van der Waals surface area contributed by atoms with Gasteiger partial charge in [0.2, 0.25) is 11.7 Å². The number of nitrogens with zero attached hydrogens (tertiary/aromatic N) is 3. The number of carbonyl (C=O) groups excluding carboxylic acids is 1. The van der Waals surface area contributed by atoms with Crippen molar-refractivity contribution in [3.05, 3.63) is 64.5 Å². The lowest BCUT2D eigenvalue weighted by Crippen LogP contribution is -2.39. The van der Waals surface area contributed by atoms with Gasteiger partial charge in [0.1, 0.15) is 5.75 Å². The van der Waals surface area contributed by atoms with Gasteiger partial charge in [0.05, 0.1) is 13.0 Å². The molecule has 0 radical (unpaired) electrons. The Labute approximate surface area is 171 Å². The van der Waals surface area contributed by atoms with E-state index in [0.29, 0.717) is 23.8 Å². The van der Waals surface area contributed by atoms with E-state index < -0.39 is 0 Å². The molecular weight excluding hydrogens is 422 g/mol. The van der Waals surface area contributed by atoms with Gasteiger partial charge < -0.3 is 14.2 Å². The van der Waals surface area contributed by atoms with Crippen molar-refractivity contribution < 1.29 is 14.1 Å². The first-order chi connectivity index (χ1) is 13.6. The molecule has 1 aliphatic rings. The van der Waals surface area contributed by atoms with Gasteiger partial charge in [-0.05, 0) is 49.2 Å². The van der Waals surface area contributed by atoms with E-state index in [-0.39, 0.29) is 11.8 Å². The standard InChI is InChI=1S/C21H20BrN3O3/c1-27-18-6-2-4-15(12-18)19-23-20(28-24-19)16-5-3-11-25(13-16)21(26)14-7-9-17(22)10-8-14/h2,4,6-10,12,16H,3,5,11,13H2,1H3. The quantitative estimate of drug-likeness (QED) is 0.594. The Morgan fingerprint density at radius 3 is 2.86 bits per heavy atom. The molecule has 144 valence electrons. The van der Waals surface area contributed by atoms with Gasteiger partial charge in [0, 0.05) is 28.7 Å². The van der Waals surface area contributed by atoms with Crippen LogP contribution in [-0.2, 0) is 0 Å². The zero-order valence-corrected chi connectivity index (χ0v) is 17.1. The van der Waals surface area contributed by atoms with Gasteiger partial charge in [-0.2, -0.15) is 4.98 Å². The number of methoxy groups -OCH3 is 1. The van der Waals surface area contributed by atoms with Crippen LogP contribution in [-0.4, -0.2) is 41.1 Å². The van der Waals surface area contributed by atoms with Gasteiger partial charge in [-0.15, -0.1) is 0 Å². The highest BCUT2D eigenvalue weighted by Crippen LogP contribution is 2.29. The number of ether oxygens (including phenoxy) is 1. The summed E-state index contributed by atoms with van der Waals surface area (Å²) in [6, 6.07) is 15.0. The second kappa shape index (κ2) is 8.14. The minimum absolute atomic E-state index is 0.0322. The molecule has 0 N–H and O–H groups in total. The molecule has 1 saturated heterocycles. The monoisotopic (exact) mass is 441 g/mol. The van der Waals surface area contributed by atoms with Gasteiger partial charge in [-0.1, -0.05) is 33.2 Å². The number of aromatic nitrogens is 2. The van der Waals surface area contributed by atoms with Crippen LogP contribution in [0.15, 0.2) is 57.5 Å². The number of amides is 1. The van der Waals surface area contributed by atoms with E-state index in [2.05, 4.69) is 26.1 Å². The highest BCUT2D eigenvalue weighted by atomic mass is 79.9. The fourth-order valence-corrected chi connectivity index (χ4v) is 3.68. The lowest BCUT2D eigenvalue weighted by atomic mass is 9.97. The summed E-state index contributed by atoms with van der Waals surface area (Å²) >= 11 is 3.40. The summed E-state index contributed by atoms with van der Waals surface area (Å²) < 4.78 is 11.7. The first-order valence-electron chi connectivity index (χ1n) is 9.17. The van der Waals surface area contributed by atoms with E-state index in [9.17, 15) is 4.79 Å². The normalized spacial score (nSPS) is 16.8. The summed E-state index contributed by atoms with van der Waals surface area (Å²) in [6.45, 7) is 1.32. The third-order valence-electron chi connectivity index (χ3n) is 4.92. The average Bonchev–Trinajstić information content (AvgIpc) is 3.24. The van der Waals surface area contributed by atoms with Gasteiger partial charge in [-0.3, -0.25) is 4.79 Å². The van der Waals surface area contributed by atoms with Crippen molar-refractivity contribution in [1.82, 2.24) is 15.0 Å². The molecule has 1 aromatic heterocycles. The highest BCUT2D eigenvalue weighted by molar-refractivity contribution is 9.10. The fourth-order valence-electron chi connectivity index (χ4n) is 3.42. The van der Waals surface area contributed by atoms with E-state index in [1.54, 1.807) is 7.11 Å². The molecule has 6 nitrogen and oxygen atoms in total. The van der Waals surface area contributed by atoms with Gasteiger partial charge in [-0.25, -0.2) is 0 Å². The van der Waals surface area contributed by atoms with Crippen LogP contribution in [0.1, 0.15) is 35.0 Å². The van der Waals surface area contributed by atoms with E-state index in [1.165, 1.54) is 0 Å². The summed E-state index contributed by atoms with van der Waals surface area (Å²) in [7, 11) is 1.62. The lowest BCUT2D eigenvalue weighted by Gasteiger charge is -2.31. The van der Waals surface area contributed by atoms with Crippen LogP contribution in [0, 0.1) is 0 Å². The summed E-state index contributed by atoms with van der Waals surface area (Å²) in [5, 5.41) is 4.12. The summed E-state index contributed by atoms with van der Waals surface area (Å²) in [4.78, 5) is 19.3. The Morgan fingerprint density at radius 2 is 2.07 bits per heavy atom. The molecule has 0 saturated carbocycles. The number of rotatable bonds is 4. The summed E-state index contributed by atoms with van der Waals surface area (Å²) in [5.74, 6) is 1.92. The number of hydrogen-bond acceptors (Lipinski definition) is 5. The molecule has 4 rings (SSSR count). The van der Waals surface area contributed by atoms with Crippen molar-refractivity contribution in [2.75, 3.05) is 20.2 Å². The molecular formula is C21H20BrN3O3. The van der Waals surface area contributed by atoms with Crippen molar-refractivity contribution in [2.24, 2.45) is 0 Å². The molecule has 1 fully saturated rings. The molecule has 2 aromatic carbocycles. The van der Waals surface area contributed by atoms with Gasteiger partial charge in [0.25, 0.3) is 5.91 Å². The molecule has 1 amide bonds. The van der Waals surface area contributed by atoms with Crippen molar-refractivity contribution >= 4 is 21.8 Å². The Balaban J connectivity index is 1.49. The van der Waals surface area contributed by atoms with Crippen LogP contribution < -0.4 is 4.74 Å². The molecule has 0 bridgehead atoms. The molecule has 2 heterocycles. The number of carbonyl (C=O) groups is 1. The smallest absolute Gasteiger partial charge is 0.253 e. The van der Waals surface area contributed by atoms with Crippen molar-refractivity contribution in [3.8, 4) is 17.1 Å². The third kappa shape index (κ3) is 3.94. The molecule has 1 unspecified atom stereocenters. The topological polar surface area (TPSA) is 68.5 Å². The van der Waals surface area contributed by atoms with Crippen LogP contribution in [0.3, 0.4) is 0 Å². The second-order valence-corrected chi connectivity index (χ2v) is 7.70. The lowest BCUT2D eigenvalue weighted by molar-refractivity contribution is 0.0695. The van der Waals surface area contributed by atoms with Crippen LogP contribution in [0.25, 0.3) is 11.4 Å². The number of hydrogen-bond donors (Lipinski definition) is 0. The molecule has 1 aliphatic heterocycles. The number of likely N-dealkylation sites (tertiary alicyclic amines) is 1. The molecule has 0 spiro atoms. The Hall–Kier alpha value is -2.67. The molecule has 3 aromatic rings. The maximum Gasteiger partial charge on any atom is 0.253 e. The average molecular weight is 442 g/mol. The molecule has 1 atom stereocenters. The predicted octanol–water partition coefficient (Wildman–Crippen LogP) is 4.53. The Kier molecular flexibility index (Phi) is 5.43. The van der Waals surface area contributed by atoms with E-state index in [0.717, 1.165) is 35.2 Å². The maximum absolute atomic E-state index is 12.8. The van der Waals surface area contributed by atoms with Crippen molar-refractivity contribution in [1.29, 1.82) is 0 Å².